The van der Waals surface area contributed by atoms with E-state index in [1.807, 2.05) is 0 Å². The van der Waals surface area contributed by atoms with Gasteiger partial charge in [0.2, 0.25) is 0 Å². The molecule has 4 rings (SSSR count). The van der Waals surface area contributed by atoms with Crippen LogP contribution in [0.4, 0.5) is 0 Å². The third kappa shape index (κ3) is 4.02. The van der Waals surface area contributed by atoms with E-state index in [1.165, 1.54) is 28.2 Å². The van der Waals surface area contributed by atoms with E-state index in [1.54, 1.807) is 11.3 Å². The maximum atomic E-state index is 12.7. The number of H-pyrrole nitrogens is 1. The lowest BCUT2D eigenvalue weighted by molar-refractivity contribution is -0.918. The van der Waals surface area contributed by atoms with Crippen LogP contribution in [0.1, 0.15) is 43.0 Å². The molecular weight excluding hydrogens is 378 g/mol. The molecule has 0 aromatic carbocycles. The molecule has 0 amide bonds. The molecule has 0 spiro atoms. The predicted octanol–water partition coefficient (Wildman–Crippen LogP) is 0.847. The van der Waals surface area contributed by atoms with Crippen LogP contribution in [0.2, 0.25) is 0 Å². The molecule has 1 aliphatic carbocycles. The van der Waals surface area contributed by atoms with Gasteiger partial charge in [-0.05, 0) is 57.3 Å². The first kappa shape index (κ1) is 18.8. The van der Waals surface area contributed by atoms with Crippen LogP contribution in [0.25, 0.3) is 10.2 Å². The second-order valence-electron chi connectivity index (χ2n) is 7.92. The molecule has 27 heavy (non-hydrogen) atoms. The van der Waals surface area contributed by atoms with Gasteiger partial charge < -0.3 is 20.1 Å². The number of nitrogens with zero attached hydrogens (tertiary/aromatic N) is 2. The van der Waals surface area contributed by atoms with Crippen molar-refractivity contribution in [2.45, 2.75) is 52.1 Å². The summed E-state index contributed by atoms with van der Waals surface area (Å²) < 4.78 is 0. The van der Waals surface area contributed by atoms with E-state index in [-0.39, 0.29) is 5.56 Å². The van der Waals surface area contributed by atoms with Crippen molar-refractivity contribution in [1.29, 1.82) is 0 Å². The van der Waals surface area contributed by atoms with Crippen LogP contribution >= 0.6 is 23.6 Å². The van der Waals surface area contributed by atoms with E-state index in [0.717, 1.165) is 66.7 Å². The lowest BCUT2D eigenvalue weighted by Crippen LogP contribution is -3.13. The average molecular weight is 407 g/mol. The van der Waals surface area contributed by atoms with Gasteiger partial charge in [-0.15, -0.1) is 11.3 Å². The lowest BCUT2D eigenvalue weighted by atomic mass is 9.97. The number of fused-ring (bicyclic) bond motifs is 3. The molecule has 1 fully saturated rings. The number of aromatic amines is 1. The number of nitrogens with one attached hydrogen (secondary N) is 3. The Labute approximate surface area is 169 Å². The summed E-state index contributed by atoms with van der Waals surface area (Å²) in [5.74, 6) is 0.817. The highest BCUT2D eigenvalue weighted by Crippen LogP contribution is 2.33. The quantitative estimate of drug-likeness (QED) is 0.660. The van der Waals surface area contributed by atoms with Crippen molar-refractivity contribution in [2.24, 2.45) is 0 Å². The van der Waals surface area contributed by atoms with Gasteiger partial charge in [-0.2, -0.15) is 0 Å². The van der Waals surface area contributed by atoms with Crippen LogP contribution in [0.5, 0.6) is 0 Å². The molecule has 1 aliphatic heterocycles. The number of thiophene rings is 1. The Hall–Kier alpha value is -1.51. The molecule has 3 heterocycles. The van der Waals surface area contributed by atoms with Crippen molar-refractivity contribution in [3.8, 4) is 0 Å². The maximum absolute atomic E-state index is 12.7. The molecule has 0 atom stereocenters. The van der Waals surface area contributed by atoms with Crippen LogP contribution in [0, 0.1) is 0 Å². The summed E-state index contributed by atoms with van der Waals surface area (Å²) in [6, 6.07) is 0.362. The summed E-state index contributed by atoms with van der Waals surface area (Å²) >= 11 is 7.20. The Kier molecular flexibility index (Phi) is 5.48. The number of quaternary nitrogens is 1. The highest BCUT2D eigenvalue weighted by Gasteiger charge is 2.24. The summed E-state index contributed by atoms with van der Waals surface area (Å²) in [5.41, 5.74) is 1.31. The minimum Gasteiger partial charge on any atom is -0.360 e. The molecule has 2 aromatic rings. The second-order valence-corrected chi connectivity index (χ2v) is 9.39. The van der Waals surface area contributed by atoms with E-state index >= 15 is 0 Å². The zero-order valence-electron chi connectivity index (χ0n) is 16.1. The monoisotopic (exact) mass is 406 g/mol. The first-order valence-corrected chi connectivity index (χ1v) is 11.2. The van der Waals surface area contributed by atoms with Gasteiger partial charge in [-0.1, -0.05) is 0 Å². The van der Waals surface area contributed by atoms with Crippen LogP contribution in [0.3, 0.4) is 0 Å². The molecule has 0 radical (unpaired) electrons. The number of aryl methyl sites for hydroxylation is 2. The van der Waals surface area contributed by atoms with E-state index in [0.29, 0.717) is 6.04 Å². The zero-order valence-corrected chi connectivity index (χ0v) is 17.7. The van der Waals surface area contributed by atoms with Crippen molar-refractivity contribution >= 4 is 38.9 Å². The van der Waals surface area contributed by atoms with E-state index in [4.69, 9.17) is 17.2 Å². The molecule has 0 saturated carbocycles. The molecule has 3 N–H and O–H groups in total. The fourth-order valence-corrected chi connectivity index (χ4v) is 5.77. The molecule has 2 aromatic heterocycles. The van der Waals surface area contributed by atoms with Gasteiger partial charge in [0.1, 0.15) is 11.4 Å². The number of piperazine rings is 1. The van der Waals surface area contributed by atoms with Gasteiger partial charge in [0, 0.05) is 10.9 Å². The summed E-state index contributed by atoms with van der Waals surface area (Å²) in [6.45, 7) is 8.86. The average Bonchev–Trinajstić information content (AvgIpc) is 3.00. The van der Waals surface area contributed by atoms with Crippen molar-refractivity contribution in [2.75, 3.05) is 26.2 Å². The Balaban J connectivity index is 1.44. The SMILES string of the molecule is CC(C)NC(=S)N1CC[NH+](Cc2nc3sc4c(c3c(=O)[nH]2)CCCC4)CC1. The smallest absolute Gasteiger partial charge is 0.260 e. The fourth-order valence-electron chi connectivity index (χ4n) is 4.07. The predicted molar refractivity (Wildman–Crippen MR) is 114 cm³/mol. The minimum atomic E-state index is 0.0507. The van der Waals surface area contributed by atoms with Gasteiger partial charge in [0.15, 0.2) is 10.9 Å². The number of thiocarbonyl (C=S) groups is 1. The van der Waals surface area contributed by atoms with Crippen molar-refractivity contribution < 1.29 is 4.90 Å². The van der Waals surface area contributed by atoms with E-state index in [9.17, 15) is 4.79 Å². The summed E-state index contributed by atoms with van der Waals surface area (Å²) in [6.07, 6.45) is 4.54. The molecule has 1 saturated heterocycles. The van der Waals surface area contributed by atoms with E-state index < -0.39 is 0 Å². The molecule has 146 valence electrons. The van der Waals surface area contributed by atoms with Gasteiger partial charge in [-0.3, -0.25) is 4.79 Å². The molecule has 2 aliphatic rings. The summed E-state index contributed by atoms with van der Waals surface area (Å²) in [5, 5.41) is 5.02. The summed E-state index contributed by atoms with van der Waals surface area (Å²) in [4.78, 5) is 26.6. The Bertz CT molecular complexity index is 895. The molecule has 0 unspecified atom stereocenters. The van der Waals surface area contributed by atoms with Crippen molar-refractivity contribution in [3.63, 3.8) is 0 Å². The first-order valence-electron chi connectivity index (χ1n) is 9.93. The van der Waals surface area contributed by atoms with Crippen LogP contribution in [-0.4, -0.2) is 52.2 Å². The molecule has 0 bridgehead atoms. The topological polar surface area (TPSA) is 65.5 Å². The van der Waals surface area contributed by atoms with Gasteiger partial charge in [0.05, 0.1) is 31.6 Å². The molecular formula is C19H28N5OS2+. The number of rotatable bonds is 3. The van der Waals surface area contributed by atoms with Gasteiger partial charge in [0.25, 0.3) is 5.56 Å². The fraction of sp³-hybridized carbons (Fsp3) is 0.632. The molecule has 6 nitrogen and oxygen atoms in total. The standard InChI is InChI=1S/C19H27N5OS2/c1-12(2)20-19(26)24-9-7-23(8-10-24)11-15-21-17(25)16-13-5-3-4-6-14(13)27-18(16)22-15/h12H,3-11H2,1-2H3,(H,20,26)(H,21,22,25)/p+1. The highest BCUT2D eigenvalue weighted by atomic mass is 32.1. The third-order valence-electron chi connectivity index (χ3n) is 5.46. The Morgan fingerprint density at radius 3 is 2.81 bits per heavy atom. The lowest BCUT2D eigenvalue weighted by Gasteiger charge is -2.34. The Morgan fingerprint density at radius 2 is 2.07 bits per heavy atom. The molecule has 8 heteroatoms. The normalized spacial score (nSPS) is 18.1. The first-order chi connectivity index (χ1) is 13.0. The third-order valence-corrected chi connectivity index (χ3v) is 7.02. The van der Waals surface area contributed by atoms with Crippen LogP contribution in [-0.2, 0) is 19.4 Å². The van der Waals surface area contributed by atoms with Crippen molar-refractivity contribution in [3.05, 3.63) is 26.6 Å². The summed E-state index contributed by atoms with van der Waals surface area (Å²) in [7, 11) is 0. The van der Waals surface area contributed by atoms with Crippen molar-refractivity contribution in [1.82, 2.24) is 20.2 Å². The number of aromatic nitrogens is 2. The second kappa shape index (κ2) is 7.85. The van der Waals surface area contributed by atoms with Crippen LogP contribution in [0.15, 0.2) is 4.79 Å². The maximum Gasteiger partial charge on any atom is 0.260 e. The zero-order chi connectivity index (χ0) is 19.0. The minimum absolute atomic E-state index is 0.0507. The van der Waals surface area contributed by atoms with Gasteiger partial charge in [-0.25, -0.2) is 4.98 Å². The van der Waals surface area contributed by atoms with Crippen LogP contribution < -0.4 is 15.8 Å². The highest BCUT2D eigenvalue weighted by molar-refractivity contribution is 7.80. The number of hydrogen-bond acceptors (Lipinski definition) is 4. The van der Waals surface area contributed by atoms with E-state index in [2.05, 4.69) is 29.0 Å². The van der Waals surface area contributed by atoms with Gasteiger partial charge >= 0.3 is 0 Å². The number of hydrogen-bond donors (Lipinski definition) is 3. The Morgan fingerprint density at radius 1 is 1.33 bits per heavy atom. The largest absolute Gasteiger partial charge is 0.360 e.